The molecule has 112 valence electrons. The number of hydrogen-bond acceptors (Lipinski definition) is 4. The molecule has 0 radical (unpaired) electrons. The molecule has 0 amide bonds. The second-order valence-electron chi connectivity index (χ2n) is 5.50. The summed E-state index contributed by atoms with van der Waals surface area (Å²) in [7, 11) is 0. The third-order valence-electron chi connectivity index (χ3n) is 3.16. The first kappa shape index (κ1) is 15.2. The van der Waals surface area contributed by atoms with Crippen molar-refractivity contribution in [2.75, 3.05) is 6.54 Å². The van der Waals surface area contributed by atoms with Crippen LogP contribution in [0.5, 0.6) is 0 Å². The first-order valence-corrected chi connectivity index (χ1v) is 6.98. The summed E-state index contributed by atoms with van der Waals surface area (Å²) in [6.45, 7) is 7.66. The summed E-state index contributed by atoms with van der Waals surface area (Å²) >= 11 is 0. The Bertz CT molecular complexity index is 634. The number of rotatable bonds is 6. The molecule has 21 heavy (non-hydrogen) atoms. The van der Waals surface area contributed by atoms with E-state index >= 15 is 0 Å². The molecule has 0 aliphatic heterocycles. The van der Waals surface area contributed by atoms with E-state index in [2.05, 4.69) is 24.3 Å². The van der Waals surface area contributed by atoms with Gasteiger partial charge in [0.1, 0.15) is 0 Å². The normalized spacial score (nSPS) is 11.0. The van der Waals surface area contributed by atoms with E-state index in [1.165, 1.54) is 0 Å². The van der Waals surface area contributed by atoms with E-state index < -0.39 is 0 Å². The second-order valence-corrected chi connectivity index (χ2v) is 5.50. The van der Waals surface area contributed by atoms with Crippen LogP contribution in [0.15, 0.2) is 30.5 Å². The summed E-state index contributed by atoms with van der Waals surface area (Å²) in [4.78, 5) is 10.6. The Morgan fingerprint density at radius 2 is 2.14 bits per heavy atom. The van der Waals surface area contributed by atoms with Crippen molar-refractivity contribution in [2.24, 2.45) is 5.92 Å². The predicted octanol–water partition coefficient (Wildman–Crippen LogP) is 2.83. The van der Waals surface area contributed by atoms with Crippen LogP contribution in [0.3, 0.4) is 0 Å². The van der Waals surface area contributed by atoms with Crippen LogP contribution >= 0.6 is 0 Å². The molecule has 0 aliphatic carbocycles. The first-order valence-electron chi connectivity index (χ1n) is 6.98. The molecule has 1 heterocycles. The van der Waals surface area contributed by atoms with Crippen LogP contribution in [0, 0.1) is 23.0 Å². The zero-order chi connectivity index (χ0) is 15.4. The molecule has 0 aliphatic rings. The lowest BCUT2D eigenvalue weighted by atomic mass is 10.2. The van der Waals surface area contributed by atoms with Gasteiger partial charge in [-0.05, 0) is 31.5 Å². The fourth-order valence-electron chi connectivity index (χ4n) is 2.03. The standard InChI is InChI=1S/C15H20N4O2/c1-11(2)9-16-10-13-6-7-18(17-13)14-5-4-12(3)15(8-14)19(20)21/h4-8,11,16H,9-10H2,1-3H3. The lowest BCUT2D eigenvalue weighted by Crippen LogP contribution is -2.19. The Hall–Kier alpha value is -2.21. The Balaban J connectivity index is 2.14. The molecular formula is C15H20N4O2. The summed E-state index contributed by atoms with van der Waals surface area (Å²) in [6.07, 6.45) is 1.82. The van der Waals surface area contributed by atoms with E-state index in [1.807, 2.05) is 18.3 Å². The van der Waals surface area contributed by atoms with Gasteiger partial charge in [-0.3, -0.25) is 10.1 Å². The Morgan fingerprint density at radius 3 is 2.81 bits per heavy atom. The van der Waals surface area contributed by atoms with Crippen molar-refractivity contribution in [3.8, 4) is 5.69 Å². The fourth-order valence-corrected chi connectivity index (χ4v) is 2.03. The Kier molecular flexibility index (Phi) is 4.70. The summed E-state index contributed by atoms with van der Waals surface area (Å²) in [6, 6.07) is 7.04. The largest absolute Gasteiger partial charge is 0.311 e. The quantitative estimate of drug-likeness (QED) is 0.655. The number of hydrogen-bond donors (Lipinski definition) is 1. The maximum Gasteiger partial charge on any atom is 0.274 e. The predicted molar refractivity (Wildman–Crippen MR) is 81.5 cm³/mol. The summed E-state index contributed by atoms with van der Waals surface area (Å²) < 4.78 is 1.67. The van der Waals surface area contributed by atoms with Gasteiger partial charge >= 0.3 is 0 Å². The Labute approximate surface area is 123 Å². The smallest absolute Gasteiger partial charge is 0.274 e. The lowest BCUT2D eigenvalue weighted by Gasteiger charge is -2.05. The Morgan fingerprint density at radius 1 is 1.38 bits per heavy atom. The summed E-state index contributed by atoms with van der Waals surface area (Å²) in [5, 5.41) is 18.7. The van der Waals surface area contributed by atoms with Crippen molar-refractivity contribution in [3.63, 3.8) is 0 Å². The molecule has 1 aromatic heterocycles. The number of nitro groups is 1. The second kappa shape index (κ2) is 6.49. The van der Waals surface area contributed by atoms with Gasteiger partial charge in [0.15, 0.2) is 0 Å². The van der Waals surface area contributed by atoms with Crippen LogP contribution in [0.25, 0.3) is 5.69 Å². The molecule has 0 atom stereocenters. The van der Waals surface area contributed by atoms with E-state index in [1.54, 1.807) is 23.7 Å². The van der Waals surface area contributed by atoms with Crippen LogP contribution in [0.2, 0.25) is 0 Å². The van der Waals surface area contributed by atoms with E-state index in [0.29, 0.717) is 23.7 Å². The highest BCUT2D eigenvalue weighted by molar-refractivity contribution is 5.48. The number of nitrogens with one attached hydrogen (secondary N) is 1. The molecule has 0 spiro atoms. The number of aryl methyl sites for hydroxylation is 1. The molecule has 6 heteroatoms. The SMILES string of the molecule is Cc1ccc(-n2ccc(CNCC(C)C)n2)cc1[N+](=O)[O-]. The van der Waals surface area contributed by atoms with Gasteiger partial charge in [0, 0.05) is 24.4 Å². The molecule has 0 fully saturated rings. The zero-order valence-electron chi connectivity index (χ0n) is 12.5. The van der Waals surface area contributed by atoms with Crippen molar-refractivity contribution in [1.29, 1.82) is 0 Å². The van der Waals surface area contributed by atoms with Gasteiger partial charge in [-0.1, -0.05) is 19.9 Å². The zero-order valence-corrected chi connectivity index (χ0v) is 12.5. The summed E-state index contributed by atoms with van der Waals surface area (Å²) in [5.41, 5.74) is 2.37. The van der Waals surface area contributed by atoms with Gasteiger partial charge in [0.25, 0.3) is 5.69 Å². The molecule has 0 saturated carbocycles. The highest BCUT2D eigenvalue weighted by Gasteiger charge is 2.12. The van der Waals surface area contributed by atoms with Gasteiger partial charge in [-0.25, -0.2) is 4.68 Å². The number of nitrogens with zero attached hydrogens (tertiary/aromatic N) is 3. The van der Waals surface area contributed by atoms with Gasteiger partial charge in [0.05, 0.1) is 16.3 Å². The number of nitro benzene ring substituents is 1. The molecule has 0 bridgehead atoms. The molecular weight excluding hydrogens is 268 g/mol. The lowest BCUT2D eigenvalue weighted by molar-refractivity contribution is -0.385. The summed E-state index contributed by atoms with van der Waals surface area (Å²) in [5.74, 6) is 0.590. The maximum atomic E-state index is 11.0. The third kappa shape index (κ3) is 3.88. The van der Waals surface area contributed by atoms with Crippen molar-refractivity contribution >= 4 is 5.69 Å². The monoisotopic (exact) mass is 288 g/mol. The van der Waals surface area contributed by atoms with Gasteiger partial charge in [-0.15, -0.1) is 0 Å². The van der Waals surface area contributed by atoms with Crippen LogP contribution in [0.4, 0.5) is 5.69 Å². The third-order valence-corrected chi connectivity index (χ3v) is 3.16. The molecule has 6 nitrogen and oxygen atoms in total. The minimum absolute atomic E-state index is 0.113. The van der Waals surface area contributed by atoms with Gasteiger partial charge in [-0.2, -0.15) is 5.10 Å². The molecule has 1 N–H and O–H groups in total. The van der Waals surface area contributed by atoms with Crippen molar-refractivity contribution in [3.05, 3.63) is 51.8 Å². The van der Waals surface area contributed by atoms with Crippen LogP contribution < -0.4 is 5.32 Å². The van der Waals surface area contributed by atoms with Crippen molar-refractivity contribution in [2.45, 2.75) is 27.3 Å². The molecule has 2 aromatic rings. The molecule has 0 unspecified atom stereocenters. The fraction of sp³-hybridized carbons (Fsp3) is 0.400. The molecule has 2 rings (SSSR count). The highest BCUT2D eigenvalue weighted by atomic mass is 16.6. The minimum Gasteiger partial charge on any atom is -0.311 e. The average Bonchev–Trinajstić information content (AvgIpc) is 2.87. The number of aromatic nitrogens is 2. The van der Waals surface area contributed by atoms with Crippen LogP contribution in [0.1, 0.15) is 25.1 Å². The van der Waals surface area contributed by atoms with Crippen LogP contribution in [-0.4, -0.2) is 21.2 Å². The minimum atomic E-state index is -0.368. The topological polar surface area (TPSA) is 73.0 Å². The average molecular weight is 288 g/mol. The van der Waals surface area contributed by atoms with Gasteiger partial charge < -0.3 is 5.32 Å². The first-order chi connectivity index (χ1) is 9.97. The van der Waals surface area contributed by atoms with E-state index in [-0.39, 0.29) is 10.6 Å². The van der Waals surface area contributed by atoms with E-state index in [9.17, 15) is 10.1 Å². The van der Waals surface area contributed by atoms with E-state index in [4.69, 9.17) is 0 Å². The maximum absolute atomic E-state index is 11.0. The van der Waals surface area contributed by atoms with Gasteiger partial charge in [0.2, 0.25) is 0 Å². The highest BCUT2D eigenvalue weighted by Crippen LogP contribution is 2.21. The van der Waals surface area contributed by atoms with E-state index in [0.717, 1.165) is 12.2 Å². The molecule has 0 saturated heterocycles. The van der Waals surface area contributed by atoms with Crippen molar-refractivity contribution in [1.82, 2.24) is 15.1 Å². The number of benzene rings is 1. The molecule has 1 aromatic carbocycles. The van der Waals surface area contributed by atoms with Crippen LogP contribution in [-0.2, 0) is 6.54 Å². The van der Waals surface area contributed by atoms with Crippen molar-refractivity contribution < 1.29 is 4.92 Å².